The van der Waals surface area contributed by atoms with E-state index in [1.165, 1.54) is 23.8 Å². The zero-order valence-electron chi connectivity index (χ0n) is 16.3. The third-order valence-electron chi connectivity index (χ3n) is 5.24. The summed E-state index contributed by atoms with van der Waals surface area (Å²) in [5.41, 5.74) is 3.75. The number of hydrogen-bond acceptors (Lipinski definition) is 3. The number of carbonyl (C=O) groups excluding carboxylic acids is 1. The number of fused-ring (bicyclic) bond motifs is 3. The Balaban J connectivity index is 1.67. The standard InChI is InChI=1S/C23H21BrFNO3/c1-13(9-23(27)26-19-8-7-14(24)10-18(19)25)16-11-17-15-5-3-4-6-20(15)29-22(17)12-21(16)28-2/h7-12H,3-6H2,1-2H3,(H,26,27)/b13-9+. The average Bonchev–Trinajstić information content (AvgIpc) is 3.06. The van der Waals surface area contributed by atoms with Crippen molar-refractivity contribution in [2.75, 3.05) is 12.4 Å². The maximum absolute atomic E-state index is 14.0. The lowest BCUT2D eigenvalue weighted by Crippen LogP contribution is -2.10. The van der Waals surface area contributed by atoms with Gasteiger partial charge >= 0.3 is 0 Å². The van der Waals surface area contributed by atoms with Crippen molar-refractivity contribution in [1.29, 1.82) is 0 Å². The lowest BCUT2D eigenvalue weighted by Gasteiger charge is -2.11. The highest BCUT2D eigenvalue weighted by Crippen LogP contribution is 2.37. The van der Waals surface area contributed by atoms with Gasteiger partial charge in [-0.05, 0) is 56.0 Å². The van der Waals surface area contributed by atoms with E-state index in [9.17, 15) is 9.18 Å². The fourth-order valence-corrected chi connectivity index (χ4v) is 4.13. The number of benzene rings is 2. The summed E-state index contributed by atoms with van der Waals surface area (Å²) in [6.07, 6.45) is 5.71. The molecule has 4 nitrogen and oxygen atoms in total. The second-order valence-electron chi connectivity index (χ2n) is 7.20. The molecule has 3 aromatic rings. The summed E-state index contributed by atoms with van der Waals surface area (Å²) in [5.74, 6) is 0.790. The van der Waals surface area contributed by atoms with Crippen molar-refractivity contribution in [3.05, 3.63) is 63.6 Å². The van der Waals surface area contributed by atoms with Gasteiger partial charge in [0.25, 0.3) is 0 Å². The Bertz CT molecular complexity index is 1130. The van der Waals surface area contributed by atoms with Crippen molar-refractivity contribution in [3.63, 3.8) is 0 Å². The monoisotopic (exact) mass is 457 g/mol. The van der Waals surface area contributed by atoms with Crippen LogP contribution in [0, 0.1) is 5.82 Å². The van der Waals surface area contributed by atoms with Crippen LogP contribution >= 0.6 is 15.9 Å². The number of hydrogen-bond donors (Lipinski definition) is 1. The van der Waals surface area contributed by atoms with Crippen LogP contribution in [0.25, 0.3) is 16.5 Å². The Morgan fingerprint density at radius 3 is 2.79 bits per heavy atom. The predicted molar refractivity (Wildman–Crippen MR) is 116 cm³/mol. The van der Waals surface area contributed by atoms with Crippen molar-refractivity contribution >= 4 is 44.1 Å². The van der Waals surface area contributed by atoms with Gasteiger partial charge in [-0.25, -0.2) is 4.39 Å². The van der Waals surface area contributed by atoms with Crippen LogP contribution in [0.2, 0.25) is 0 Å². The van der Waals surface area contributed by atoms with Gasteiger partial charge in [0.2, 0.25) is 5.91 Å². The third-order valence-corrected chi connectivity index (χ3v) is 5.73. The number of carbonyl (C=O) groups is 1. The second kappa shape index (κ2) is 8.03. The molecule has 29 heavy (non-hydrogen) atoms. The van der Waals surface area contributed by atoms with Crippen LogP contribution in [0.15, 0.2) is 45.3 Å². The van der Waals surface area contributed by atoms with Gasteiger partial charge in [0.1, 0.15) is 22.9 Å². The number of halogens is 2. The summed E-state index contributed by atoms with van der Waals surface area (Å²) in [5, 5.41) is 3.66. The van der Waals surface area contributed by atoms with E-state index in [2.05, 4.69) is 21.2 Å². The summed E-state index contributed by atoms with van der Waals surface area (Å²) in [6, 6.07) is 8.41. The van der Waals surface area contributed by atoms with Gasteiger partial charge in [0.15, 0.2) is 0 Å². The Morgan fingerprint density at radius 2 is 2.03 bits per heavy atom. The van der Waals surface area contributed by atoms with E-state index in [4.69, 9.17) is 9.15 Å². The highest BCUT2D eigenvalue weighted by Gasteiger charge is 2.20. The van der Waals surface area contributed by atoms with Crippen LogP contribution in [0.4, 0.5) is 10.1 Å². The molecule has 0 fully saturated rings. The maximum Gasteiger partial charge on any atom is 0.248 e. The first-order chi connectivity index (χ1) is 14.0. The van der Waals surface area contributed by atoms with E-state index >= 15 is 0 Å². The quantitative estimate of drug-likeness (QED) is 0.470. The lowest BCUT2D eigenvalue weighted by molar-refractivity contribution is -0.111. The molecule has 0 unspecified atom stereocenters. The highest BCUT2D eigenvalue weighted by atomic mass is 79.9. The molecular weight excluding hydrogens is 437 g/mol. The van der Waals surface area contributed by atoms with E-state index in [0.29, 0.717) is 10.2 Å². The molecule has 0 bridgehead atoms. The maximum atomic E-state index is 14.0. The van der Waals surface area contributed by atoms with E-state index in [0.717, 1.165) is 53.5 Å². The SMILES string of the molecule is COc1cc2oc3c(c2cc1/C(C)=C/C(=O)Nc1ccc(Br)cc1F)CCCC3. The molecular formula is C23H21BrFNO3. The number of nitrogens with one attached hydrogen (secondary N) is 1. The van der Waals surface area contributed by atoms with E-state index in [1.54, 1.807) is 13.2 Å². The fourth-order valence-electron chi connectivity index (χ4n) is 3.80. The number of rotatable bonds is 4. The molecule has 0 spiro atoms. The molecule has 2 aromatic carbocycles. The number of amides is 1. The zero-order valence-corrected chi connectivity index (χ0v) is 17.9. The van der Waals surface area contributed by atoms with Gasteiger partial charge < -0.3 is 14.5 Å². The second-order valence-corrected chi connectivity index (χ2v) is 8.12. The van der Waals surface area contributed by atoms with Crippen molar-refractivity contribution in [2.45, 2.75) is 32.6 Å². The molecule has 0 saturated heterocycles. The average molecular weight is 458 g/mol. The van der Waals surface area contributed by atoms with Gasteiger partial charge in [-0.15, -0.1) is 0 Å². The molecule has 0 atom stereocenters. The molecule has 6 heteroatoms. The van der Waals surface area contributed by atoms with Gasteiger partial charge in [-0.3, -0.25) is 4.79 Å². The Kier molecular flexibility index (Phi) is 5.46. The summed E-state index contributed by atoms with van der Waals surface area (Å²) in [6.45, 7) is 1.84. The highest BCUT2D eigenvalue weighted by molar-refractivity contribution is 9.10. The van der Waals surface area contributed by atoms with E-state index < -0.39 is 11.7 Å². The Labute approximate surface area is 176 Å². The number of furan rings is 1. The first-order valence-corrected chi connectivity index (χ1v) is 10.3. The summed E-state index contributed by atoms with van der Waals surface area (Å²) in [4.78, 5) is 12.5. The van der Waals surface area contributed by atoms with Crippen LogP contribution in [0.5, 0.6) is 5.75 Å². The first kappa shape index (κ1) is 19.7. The molecule has 0 saturated carbocycles. The van der Waals surface area contributed by atoms with Crippen molar-refractivity contribution in [2.24, 2.45) is 0 Å². The first-order valence-electron chi connectivity index (χ1n) is 9.53. The molecule has 1 aliphatic rings. The summed E-state index contributed by atoms with van der Waals surface area (Å²) < 4.78 is 26.2. The normalized spacial score (nSPS) is 14.0. The summed E-state index contributed by atoms with van der Waals surface area (Å²) in [7, 11) is 1.60. The largest absolute Gasteiger partial charge is 0.496 e. The topological polar surface area (TPSA) is 51.5 Å². The van der Waals surface area contributed by atoms with Gasteiger partial charge in [-0.1, -0.05) is 15.9 Å². The van der Waals surface area contributed by atoms with Gasteiger partial charge in [0, 0.05) is 39.5 Å². The number of ether oxygens (including phenoxy) is 1. The molecule has 1 amide bonds. The minimum Gasteiger partial charge on any atom is -0.496 e. The molecule has 1 aromatic heterocycles. The molecule has 1 heterocycles. The number of anilines is 1. The summed E-state index contributed by atoms with van der Waals surface area (Å²) >= 11 is 3.21. The zero-order chi connectivity index (χ0) is 20.5. The Hall–Kier alpha value is -2.60. The minimum absolute atomic E-state index is 0.133. The number of methoxy groups -OCH3 is 1. The number of aryl methyl sites for hydroxylation is 2. The van der Waals surface area contributed by atoms with Crippen molar-refractivity contribution in [3.8, 4) is 5.75 Å². The third kappa shape index (κ3) is 3.94. The minimum atomic E-state index is -0.497. The molecule has 0 radical (unpaired) electrons. The predicted octanol–water partition coefficient (Wildman–Crippen LogP) is 6.26. The smallest absolute Gasteiger partial charge is 0.248 e. The van der Waals surface area contributed by atoms with Crippen LogP contribution in [-0.4, -0.2) is 13.0 Å². The van der Waals surface area contributed by atoms with Crippen LogP contribution in [0.3, 0.4) is 0 Å². The lowest BCUT2D eigenvalue weighted by atomic mass is 9.94. The fraction of sp³-hybridized carbons (Fsp3) is 0.261. The van der Waals surface area contributed by atoms with Crippen molar-refractivity contribution in [1.82, 2.24) is 0 Å². The van der Waals surface area contributed by atoms with Gasteiger partial charge in [0.05, 0.1) is 12.8 Å². The van der Waals surface area contributed by atoms with E-state index in [-0.39, 0.29) is 5.69 Å². The van der Waals surface area contributed by atoms with Crippen LogP contribution in [0.1, 0.15) is 36.7 Å². The van der Waals surface area contributed by atoms with Crippen LogP contribution < -0.4 is 10.1 Å². The van der Waals surface area contributed by atoms with Crippen LogP contribution in [-0.2, 0) is 17.6 Å². The molecule has 4 rings (SSSR count). The number of allylic oxidation sites excluding steroid dienone is 1. The molecule has 1 N–H and O–H groups in total. The molecule has 0 aliphatic heterocycles. The van der Waals surface area contributed by atoms with E-state index in [1.807, 2.05) is 19.1 Å². The van der Waals surface area contributed by atoms with Crippen molar-refractivity contribution < 1.29 is 18.3 Å². The molecule has 1 aliphatic carbocycles. The Morgan fingerprint density at radius 1 is 1.24 bits per heavy atom. The molecule has 150 valence electrons. The van der Waals surface area contributed by atoms with Gasteiger partial charge in [-0.2, -0.15) is 0 Å².